The van der Waals surface area contributed by atoms with Gasteiger partial charge in [-0.05, 0) is 18.2 Å². The number of benzene rings is 1. The monoisotopic (exact) mass is 298 g/mol. The zero-order chi connectivity index (χ0) is 15.4. The van der Waals surface area contributed by atoms with Gasteiger partial charge in [0.25, 0.3) is 5.91 Å². The summed E-state index contributed by atoms with van der Waals surface area (Å²) >= 11 is 0. The van der Waals surface area contributed by atoms with Gasteiger partial charge >= 0.3 is 0 Å². The first-order valence-electron chi connectivity index (χ1n) is 6.39. The number of carbonyl (C=O) groups excluding carboxylic acids is 1. The van der Waals surface area contributed by atoms with Crippen molar-refractivity contribution in [3.63, 3.8) is 0 Å². The third kappa shape index (κ3) is 3.49. The quantitative estimate of drug-likeness (QED) is 0.414. The van der Waals surface area contributed by atoms with E-state index in [1.54, 1.807) is 24.3 Å². The number of amides is 1. The van der Waals surface area contributed by atoms with Crippen LogP contribution >= 0.6 is 0 Å². The van der Waals surface area contributed by atoms with Crippen LogP contribution in [0.25, 0.3) is 0 Å². The normalized spacial score (nSPS) is 28.4. The second kappa shape index (κ2) is 6.83. The highest BCUT2D eigenvalue weighted by Gasteiger charge is 2.42. The van der Waals surface area contributed by atoms with E-state index in [0.29, 0.717) is 11.3 Å². The summed E-state index contributed by atoms with van der Waals surface area (Å²) in [6, 6.07) is 6.52. The van der Waals surface area contributed by atoms with Gasteiger partial charge in [-0.1, -0.05) is 6.07 Å². The van der Waals surface area contributed by atoms with Gasteiger partial charge in [0.05, 0.1) is 13.7 Å². The molecule has 116 valence electrons. The molecule has 1 amide bonds. The number of aliphatic hydroxyl groups excluding tert-OH is 3. The largest absolute Gasteiger partial charge is 0.497 e. The summed E-state index contributed by atoms with van der Waals surface area (Å²) in [7, 11) is 1.49. The third-order valence-corrected chi connectivity index (χ3v) is 3.20. The highest BCUT2D eigenvalue weighted by molar-refractivity contribution is 5.94. The van der Waals surface area contributed by atoms with Gasteiger partial charge in [-0.15, -0.1) is 0 Å². The molecule has 0 radical (unpaired) electrons. The summed E-state index contributed by atoms with van der Waals surface area (Å²) < 4.78 is 10.2. The number of hydrogen-bond donors (Lipinski definition) is 5. The van der Waals surface area contributed by atoms with E-state index < -0.39 is 37.1 Å². The molecule has 1 heterocycles. The van der Waals surface area contributed by atoms with Crippen molar-refractivity contribution >= 4 is 5.91 Å². The molecule has 0 spiro atoms. The molecule has 2 rings (SSSR count). The standard InChI is InChI=1S/C13H18N2O6/c1-20-8-4-2-3-7(5-8)12(19)14-15-13-11(18)10(17)9(6-16)21-13/h2-5,9-11,13,15-18H,6H2,1H3,(H,14,19)/t9-,10+,11-,13-/m1/s1. The summed E-state index contributed by atoms with van der Waals surface area (Å²) in [5.41, 5.74) is 5.20. The predicted molar refractivity (Wildman–Crippen MR) is 71.4 cm³/mol. The first kappa shape index (κ1) is 15.7. The second-order valence-corrected chi connectivity index (χ2v) is 4.59. The van der Waals surface area contributed by atoms with Gasteiger partial charge in [-0.3, -0.25) is 10.2 Å². The lowest BCUT2D eigenvalue weighted by atomic mass is 10.1. The molecule has 21 heavy (non-hydrogen) atoms. The molecule has 0 bridgehead atoms. The number of hydrazine groups is 1. The molecular weight excluding hydrogens is 280 g/mol. The number of hydrogen-bond acceptors (Lipinski definition) is 7. The van der Waals surface area contributed by atoms with Crippen LogP contribution in [0.1, 0.15) is 10.4 Å². The van der Waals surface area contributed by atoms with Crippen molar-refractivity contribution in [1.29, 1.82) is 0 Å². The summed E-state index contributed by atoms with van der Waals surface area (Å²) in [4.78, 5) is 11.9. The van der Waals surface area contributed by atoms with Crippen LogP contribution in [0.3, 0.4) is 0 Å². The topological polar surface area (TPSA) is 120 Å². The number of carbonyl (C=O) groups is 1. The summed E-state index contributed by atoms with van der Waals surface area (Å²) in [5.74, 6) is 0.0854. The Morgan fingerprint density at radius 2 is 2.14 bits per heavy atom. The Bertz CT molecular complexity index is 497. The van der Waals surface area contributed by atoms with Gasteiger partial charge in [0.1, 0.15) is 24.1 Å². The van der Waals surface area contributed by atoms with Crippen LogP contribution in [0.5, 0.6) is 5.75 Å². The van der Waals surface area contributed by atoms with Crippen LogP contribution < -0.4 is 15.6 Å². The zero-order valence-corrected chi connectivity index (χ0v) is 11.4. The van der Waals surface area contributed by atoms with Gasteiger partial charge in [-0.2, -0.15) is 0 Å². The van der Waals surface area contributed by atoms with Gasteiger partial charge in [0.2, 0.25) is 0 Å². The first-order chi connectivity index (χ1) is 10.1. The minimum Gasteiger partial charge on any atom is -0.497 e. The molecule has 5 N–H and O–H groups in total. The maximum atomic E-state index is 11.9. The molecule has 1 fully saturated rings. The second-order valence-electron chi connectivity index (χ2n) is 4.59. The van der Waals surface area contributed by atoms with E-state index in [1.807, 2.05) is 0 Å². The first-order valence-corrected chi connectivity index (χ1v) is 6.39. The average Bonchev–Trinajstić information content (AvgIpc) is 2.80. The van der Waals surface area contributed by atoms with Crippen molar-refractivity contribution in [2.75, 3.05) is 13.7 Å². The Kier molecular flexibility index (Phi) is 5.10. The number of aliphatic hydroxyl groups is 3. The molecule has 8 nitrogen and oxygen atoms in total. The lowest BCUT2D eigenvalue weighted by molar-refractivity contribution is -0.0375. The van der Waals surface area contributed by atoms with Gasteiger partial charge < -0.3 is 24.8 Å². The number of rotatable bonds is 5. The maximum absolute atomic E-state index is 11.9. The maximum Gasteiger partial charge on any atom is 0.265 e. The van der Waals surface area contributed by atoms with Gasteiger partial charge in [0, 0.05) is 5.56 Å². The number of ether oxygens (including phenoxy) is 2. The molecule has 1 saturated heterocycles. The average molecular weight is 298 g/mol. The van der Waals surface area contributed by atoms with Gasteiger partial charge in [0.15, 0.2) is 6.23 Å². The fraction of sp³-hybridized carbons (Fsp3) is 0.462. The van der Waals surface area contributed by atoms with E-state index >= 15 is 0 Å². The van der Waals surface area contributed by atoms with Crippen molar-refractivity contribution in [3.05, 3.63) is 29.8 Å². The van der Waals surface area contributed by atoms with Crippen molar-refractivity contribution in [1.82, 2.24) is 10.9 Å². The molecule has 0 saturated carbocycles. The minimum absolute atomic E-state index is 0.355. The number of nitrogens with one attached hydrogen (secondary N) is 2. The molecule has 1 aromatic rings. The molecule has 0 aromatic heterocycles. The lowest BCUT2D eigenvalue weighted by Crippen LogP contribution is -2.49. The van der Waals surface area contributed by atoms with E-state index in [4.69, 9.17) is 14.6 Å². The highest BCUT2D eigenvalue weighted by Crippen LogP contribution is 2.19. The van der Waals surface area contributed by atoms with E-state index in [2.05, 4.69) is 10.9 Å². The van der Waals surface area contributed by atoms with Crippen LogP contribution in [0.2, 0.25) is 0 Å². The Balaban J connectivity index is 1.92. The SMILES string of the molecule is COc1cccc(C(=O)NN[C@@H]2O[C@H](CO)[C@H](O)[C@H]2O)c1. The summed E-state index contributed by atoms with van der Waals surface area (Å²) in [6.45, 7) is -0.430. The molecule has 8 heteroatoms. The van der Waals surface area contributed by atoms with E-state index in [9.17, 15) is 15.0 Å². The van der Waals surface area contributed by atoms with Crippen LogP contribution in [-0.4, -0.2) is 59.5 Å². The van der Waals surface area contributed by atoms with Crippen LogP contribution in [0, 0.1) is 0 Å². The fourth-order valence-electron chi connectivity index (χ4n) is 1.99. The van der Waals surface area contributed by atoms with Crippen molar-refractivity contribution in [3.8, 4) is 5.75 Å². The van der Waals surface area contributed by atoms with Crippen LogP contribution in [0.15, 0.2) is 24.3 Å². The molecule has 1 aliphatic heterocycles. The molecule has 1 aromatic carbocycles. The van der Waals surface area contributed by atoms with Crippen LogP contribution in [-0.2, 0) is 4.74 Å². The molecule has 0 aliphatic carbocycles. The Morgan fingerprint density at radius 3 is 2.76 bits per heavy atom. The highest BCUT2D eigenvalue weighted by atomic mass is 16.6. The summed E-state index contributed by atoms with van der Waals surface area (Å²) in [6.07, 6.45) is -4.38. The Labute approximate surface area is 121 Å². The van der Waals surface area contributed by atoms with Crippen molar-refractivity contribution in [2.24, 2.45) is 0 Å². The number of methoxy groups -OCH3 is 1. The predicted octanol–water partition coefficient (Wildman–Crippen LogP) is -1.63. The molecule has 1 aliphatic rings. The van der Waals surface area contributed by atoms with Crippen molar-refractivity contribution in [2.45, 2.75) is 24.5 Å². The lowest BCUT2D eigenvalue weighted by Gasteiger charge is -2.17. The third-order valence-electron chi connectivity index (χ3n) is 3.20. The molecule has 0 unspecified atom stereocenters. The van der Waals surface area contributed by atoms with E-state index in [1.165, 1.54) is 7.11 Å². The van der Waals surface area contributed by atoms with Gasteiger partial charge in [-0.25, -0.2) is 5.43 Å². The smallest absolute Gasteiger partial charge is 0.265 e. The van der Waals surface area contributed by atoms with Crippen molar-refractivity contribution < 1.29 is 29.6 Å². The fourth-order valence-corrected chi connectivity index (χ4v) is 1.99. The molecular formula is C13H18N2O6. The van der Waals surface area contributed by atoms with Crippen LogP contribution in [0.4, 0.5) is 0 Å². The zero-order valence-electron chi connectivity index (χ0n) is 11.4. The van der Waals surface area contributed by atoms with E-state index in [-0.39, 0.29) is 0 Å². The summed E-state index contributed by atoms with van der Waals surface area (Å²) in [5, 5.41) is 28.2. The minimum atomic E-state index is -1.26. The Morgan fingerprint density at radius 1 is 1.38 bits per heavy atom. The Hall–Kier alpha value is -1.71. The molecule has 4 atom stereocenters. The van der Waals surface area contributed by atoms with E-state index in [0.717, 1.165) is 0 Å².